The molecule has 0 bridgehead atoms. The first-order valence-corrected chi connectivity index (χ1v) is 5.00. The van der Waals surface area contributed by atoms with Gasteiger partial charge in [-0.15, -0.1) is 0 Å². The van der Waals surface area contributed by atoms with Crippen molar-refractivity contribution in [1.29, 1.82) is 0 Å². The third-order valence-electron chi connectivity index (χ3n) is 1.87. The van der Waals surface area contributed by atoms with E-state index in [4.69, 9.17) is 9.84 Å². The zero-order valence-corrected chi connectivity index (χ0v) is 9.25. The average Bonchev–Trinajstić information content (AvgIpc) is 2.03. The molecule has 0 aromatic heterocycles. The summed E-state index contributed by atoms with van der Waals surface area (Å²) in [5.41, 5.74) is 0. The zero-order valence-electron chi connectivity index (χ0n) is 9.25. The quantitative estimate of drug-likeness (QED) is 0.635. The van der Waals surface area contributed by atoms with E-state index in [1.165, 1.54) is 0 Å². The van der Waals surface area contributed by atoms with Gasteiger partial charge in [-0.2, -0.15) is 0 Å². The fraction of sp³-hybridized carbons (Fsp3) is 0.900. The maximum absolute atomic E-state index is 11.3. The van der Waals surface area contributed by atoms with E-state index in [1.54, 1.807) is 14.0 Å². The summed E-state index contributed by atoms with van der Waals surface area (Å²) < 4.78 is 4.93. The Labute approximate surface area is 85.6 Å². The summed E-state index contributed by atoms with van der Waals surface area (Å²) in [5, 5.41) is 11.7. The van der Waals surface area contributed by atoms with Crippen LogP contribution in [-0.2, 0) is 9.53 Å². The number of aliphatic hydroxyl groups is 1. The Balaban J connectivity index is 3.45. The minimum Gasteiger partial charge on any atom is -0.393 e. The van der Waals surface area contributed by atoms with Crippen molar-refractivity contribution in [3.8, 4) is 0 Å². The first-order valence-electron chi connectivity index (χ1n) is 5.00. The van der Waals surface area contributed by atoms with Gasteiger partial charge in [0.25, 0.3) is 0 Å². The second kappa shape index (κ2) is 7.76. The molecule has 4 nitrogen and oxygen atoms in total. The number of rotatable bonds is 7. The van der Waals surface area contributed by atoms with E-state index < -0.39 is 0 Å². The molecule has 0 aliphatic carbocycles. The van der Waals surface area contributed by atoms with E-state index in [-0.39, 0.29) is 17.9 Å². The lowest BCUT2D eigenvalue weighted by molar-refractivity contribution is -0.122. The van der Waals surface area contributed by atoms with Crippen molar-refractivity contribution >= 4 is 5.91 Å². The topological polar surface area (TPSA) is 58.6 Å². The van der Waals surface area contributed by atoms with E-state index in [0.29, 0.717) is 26.0 Å². The highest BCUT2D eigenvalue weighted by Crippen LogP contribution is 2.01. The molecule has 0 aromatic rings. The summed E-state index contributed by atoms with van der Waals surface area (Å²) in [7, 11) is 1.63. The van der Waals surface area contributed by atoms with Crippen LogP contribution in [0.5, 0.6) is 0 Å². The summed E-state index contributed by atoms with van der Waals surface area (Å²) in [6.45, 7) is 4.82. The maximum atomic E-state index is 11.3. The number of aliphatic hydroxyl groups excluding tert-OH is 1. The SMILES string of the molecule is COCC(C)CC(=O)NCCC(C)O. The molecule has 84 valence electrons. The van der Waals surface area contributed by atoms with Gasteiger partial charge >= 0.3 is 0 Å². The Kier molecular flexibility index (Phi) is 7.42. The molecule has 0 saturated heterocycles. The van der Waals surface area contributed by atoms with Gasteiger partial charge in [0, 0.05) is 26.7 Å². The van der Waals surface area contributed by atoms with Gasteiger partial charge in [0.15, 0.2) is 0 Å². The molecule has 0 aliphatic heterocycles. The van der Waals surface area contributed by atoms with Crippen molar-refractivity contribution in [3.05, 3.63) is 0 Å². The van der Waals surface area contributed by atoms with Crippen molar-refractivity contribution in [1.82, 2.24) is 5.32 Å². The highest BCUT2D eigenvalue weighted by molar-refractivity contribution is 5.76. The molecule has 2 atom stereocenters. The highest BCUT2D eigenvalue weighted by atomic mass is 16.5. The van der Waals surface area contributed by atoms with Crippen LogP contribution in [0.4, 0.5) is 0 Å². The normalized spacial score (nSPS) is 14.9. The van der Waals surface area contributed by atoms with Gasteiger partial charge in [-0.3, -0.25) is 4.79 Å². The van der Waals surface area contributed by atoms with E-state index in [9.17, 15) is 4.79 Å². The van der Waals surface area contributed by atoms with Gasteiger partial charge in [0.2, 0.25) is 5.91 Å². The van der Waals surface area contributed by atoms with Crippen molar-refractivity contribution < 1.29 is 14.6 Å². The summed E-state index contributed by atoms with van der Waals surface area (Å²) in [6, 6.07) is 0. The third-order valence-corrected chi connectivity index (χ3v) is 1.87. The molecule has 0 saturated carbocycles. The number of amides is 1. The van der Waals surface area contributed by atoms with E-state index in [0.717, 1.165) is 0 Å². The summed E-state index contributed by atoms with van der Waals surface area (Å²) in [5.74, 6) is 0.266. The molecule has 2 unspecified atom stereocenters. The van der Waals surface area contributed by atoms with Gasteiger partial charge in [0.05, 0.1) is 6.10 Å². The molecule has 0 radical (unpaired) electrons. The van der Waals surface area contributed by atoms with Gasteiger partial charge in [-0.25, -0.2) is 0 Å². The molecule has 1 amide bonds. The zero-order chi connectivity index (χ0) is 11.0. The van der Waals surface area contributed by atoms with Gasteiger partial charge < -0.3 is 15.2 Å². The second-order valence-corrected chi connectivity index (χ2v) is 3.75. The predicted molar refractivity (Wildman–Crippen MR) is 55.0 cm³/mol. The van der Waals surface area contributed by atoms with Crippen LogP contribution in [-0.4, -0.2) is 37.4 Å². The van der Waals surface area contributed by atoms with Crippen molar-refractivity contribution in [2.45, 2.75) is 32.8 Å². The molecular weight excluding hydrogens is 182 g/mol. The predicted octanol–water partition coefficient (Wildman–Crippen LogP) is 0.546. The van der Waals surface area contributed by atoms with Crippen LogP contribution in [0.2, 0.25) is 0 Å². The molecule has 0 spiro atoms. The molecule has 0 aliphatic rings. The molecule has 14 heavy (non-hydrogen) atoms. The number of carbonyl (C=O) groups is 1. The van der Waals surface area contributed by atoms with Gasteiger partial charge in [-0.1, -0.05) is 6.92 Å². The first kappa shape index (κ1) is 13.4. The van der Waals surface area contributed by atoms with Crippen LogP contribution in [0.3, 0.4) is 0 Å². The van der Waals surface area contributed by atoms with E-state index in [1.807, 2.05) is 6.92 Å². The number of carbonyl (C=O) groups excluding carboxylic acids is 1. The fourth-order valence-corrected chi connectivity index (χ4v) is 1.15. The average molecular weight is 203 g/mol. The molecular formula is C10H21NO3. The Bertz CT molecular complexity index is 159. The molecule has 4 heteroatoms. The van der Waals surface area contributed by atoms with Gasteiger partial charge in [0.1, 0.15) is 0 Å². The Morgan fingerprint density at radius 2 is 2.14 bits per heavy atom. The van der Waals surface area contributed by atoms with Crippen molar-refractivity contribution in [2.24, 2.45) is 5.92 Å². The summed E-state index contributed by atoms with van der Waals surface area (Å²) in [6.07, 6.45) is 0.726. The highest BCUT2D eigenvalue weighted by Gasteiger charge is 2.08. The number of ether oxygens (including phenoxy) is 1. The molecule has 0 fully saturated rings. The van der Waals surface area contributed by atoms with Crippen LogP contribution >= 0.6 is 0 Å². The summed E-state index contributed by atoms with van der Waals surface area (Å²) >= 11 is 0. The van der Waals surface area contributed by atoms with Gasteiger partial charge in [-0.05, 0) is 19.3 Å². The van der Waals surface area contributed by atoms with E-state index >= 15 is 0 Å². The minimum absolute atomic E-state index is 0.0233. The minimum atomic E-state index is -0.355. The number of hydrogen-bond donors (Lipinski definition) is 2. The second-order valence-electron chi connectivity index (χ2n) is 3.75. The Morgan fingerprint density at radius 1 is 1.50 bits per heavy atom. The van der Waals surface area contributed by atoms with Crippen LogP contribution < -0.4 is 5.32 Å². The number of hydrogen-bond acceptors (Lipinski definition) is 3. The smallest absolute Gasteiger partial charge is 0.220 e. The summed E-state index contributed by atoms with van der Waals surface area (Å²) in [4.78, 5) is 11.3. The molecule has 0 heterocycles. The van der Waals surface area contributed by atoms with Crippen molar-refractivity contribution in [3.63, 3.8) is 0 Å². The lowest BCUT2D eigenvalue weighted by Gasteiger charge is -2.10. The van der Waals surface area contributed by atoms with Crippen LogP contribution in [0.1, 0.15) is 26.7 Å². The Morgan fingerprint density at radius 3 is 2.64 bits per heavy atom. The van der Waals surface area contributed by atoms with Crippen LogP contribution in [0.25, 0.3) is 0 Å². The third kappa shape index (κ3) is 8.01. The van der Waals surface area contributed by atoms with Crippen LogP contribution in [0, 0.1) is 5.92 Å². The molecule has 2 N–H and O–H groups in total. The largest absolute Gasteiger partial charge is 0.393 e. The standard InChI is InChI=1S/C10H21NO3/c1-8(7-14-3)6-10(13)11-5-4-9(2)12/h8-9,12H,4-7H2,1-3H3,(H,11,13). The van der Waals surface area contributed by atoms with E-state index in [2.05, 4.69) is 5.32 Å². The monoisotopic (exact) mass is 203 g/mol. The Hall–Kier alpha value is -0.610. The lowest BCUT2D eigenvalue weighted by atomic mass is 10.1. The first-order chi connectivity index (χ1) is 6.56. The number of nitrogens with one attached hydrogen (secondary N) is 1. The van der Waals surface area contributed by atoms with Crippen molar-refractivity contribution in [2.75, 3.05) is 20.3 Å². The fourth-order valence-electron chi connectivity index (χ4n) is 1.15. The molecule has 0 rings (SSSR count). The number of methoxy groups -OCH3 is 1. The lowest BCUT2D eigenvalue weighted by Crippen LogP contribution is -2.28. The maximum Gasteiger partial charge on any atom is 0.220 e. The van der Waals surface area contributed by atoms with Crippen LogP contribution in [0.15, 0.2) is 0 Å². The molecule has 0 aromatic carbocycles.